The van der Waals surface area contributed by atoms with Crippen molar-refractivity contribution in [2.75, 3.05) is 17.2 Å². The van der Waals surface area contributed by atoms with Crippen LogP contribution in [-0.4, -0.2) is 12.5 Å². The second kappa shape index (κ2) is 6.78. The van der Waals surface area contributed by atoms with E-state index in [1.807, 2.05) is 37.3 Å². The van der Waals surface area contributed by atoms with Crippen molar-refractivity contribution in [3.63, 3.8) is 0 Å². The zero-order chi connectivity index (χ0) is 15.2. The number of hydrogen-bond donors (Lipinski definition) is 2. The van der Waals surface area contributed by atoms with E-state index in [-0.39, 0.29) is 12.5 Å². The standard InChI is InChI=1S/C16H14ClN3O/c1-11-2-5-13(6-3-11)20-16(21)10-19-15-8-12(9-18)4-7-14(15)17/h2-8,19H,10H2,1H3,(H,20,21). The van der Waals surface area contributed by atoms with Crippen LogP contribution in [0.4, 0.5) is 11.4 Å². The number of aryl methyl sites for hydroxylation is 1. The maximum Gasteiger partial charge on any atom is 0.243 e. The molecule has 0 saturated carbocycles. The normalized spacial score (nSPS) is 9.76. The van der Waals surface area contributed by atoms with Crippen LogP contribution in [0.2, 0.25) is 5.02 Å². The molecule has 106 valence electrons. The summed E-state index contributed by atoms with van der Waals surface area (Å²) in [6, 6.07) is 14.4. The minimum absolute atomic E-state index is 0.0719. The van der Waals surface area contributed by atoms with Gasteiger partial charge >= 0.3 is 0 Å². The molecular weight excluding hydrogens is 286 g/mol. The number of carbonyl (C=O) groups is 1. The van der Waals surface area contributed by atoms with E-state index in [0.717, 1.165) is 11.3 Å². The summed E-state index contributed by atoms with van der Waals surface area (Å²) in [5.41, 5.74) is 2.92. The Hall–Kier alpha value is -2.51. The maximum absolute atomic E-state index is 11.9. The number of benzene rings is 2. The molecule has 0 bridgehead atoms. The van der Waals surface area contributed by atoms with Gasteiger partial charge in [0.2, 0.25) is 5.91 Å². The van der Waals surface area contributed by atoms with Gasteiger partial charge in [-0.25, -0.2) is 0 Å². The summed E-state index contributed by atoms with van der Waals surface area (Å²) in [4.78, 5) is 11.9. The Labute approximate surface area is 128 Å². The molecule has 0 fully saturated rings. The van der Waals surface area contributed by atoms with Crippen LogP contribution in [0.3, 0.4) is 0 Å². The zero-order valence-corrected chi connectivity index (χ0v) is 12.2. The minimum atomic E-state index is -0.183. The minimum Gasteiger partial charge on any atom is -0.375 e. The van der Waals surface area contributed by atoms with Gasteiger partial charge in [-0.2, -0.15) is 5.26 Å². The molecule has 2 aromatic rings. The summed E-state index contributed by atoms with van der Waals surface area (Å²) in [5, 5.41) is 15.0. The first-order valence-corrected chi connectivity index (χ1v) is 6.76. The van der Waals surface area contributed by atoms with Crippen LogP contribution >= 0.6 is 11.6 Å². The SMILES string of the molecule is Cc1ccc(NC(=O)CNc2cc(C#N)ccc2Cl)cc1. The highest BCUT2D eigenvalue weighted by Gasteiger charge is 2.05. The number of nitrogens with zero attached hydrogens (tertiary/aromatic N) is 1. The Morgan fingerprint density at radius 2 is 1.95 bits per heavy atom. The fourth-order valence-electron chi connectivity index (χ4n) is 1.75. The van der Waals surface area contributed by atoms with E-state index in [1.54, 1.807) is 18.2 Å². The Bertz CT molecular complexity index is 690. The van der Waals surface area contributed by atoms with Gasteiger partial charge in [-0.1, -0.05) is 29.3 Å². The highest BCUT2D eigenvalue weighted by molar-refractivity contribution is 6.33. The van der Waals surface area contributed by atoms with Gasteiger partial charge in [-0.3, -0.25) is 4.79 Å². The van der Waals surface area contributed by atoms with Gasteiger partial charge in [0, 0.05) is 5.69 Å². The van der Waals surface area contributed by atoms with Crippen molar-refractivity contribution in [1.29, 1.82) is 5.26 Å². The molecule has 0 aliphatic rings. The highest BCUT2D eigenvalue weighted by Crippen LogP contribution is 2.22. The first-order chi connectivity index (χ1) is 10.1. The van der Waals surface area contributed by atoms with E-state index < -0.39 is 0 Å². The van der Waals surface area contributed by atoms with Crippen molar-refractivity contribution in [1.82, 2.24) is 0 Å². The van der Waals surface area contributed by atoms with Gasteiger partial charge in [-0.15, -0.1) is 0 Å². The van der Waals surface area contributed by atoms with Crippen LogP contribution in [0.5, 0.6) is 0 Å². The van der Waals surface area contributed by atoms with Gasteiger partial charge in [-0.05, 0) is 37.3 Å². The fourth-order valence-corrected chi connectivity index (χ4v) is 1.93. The molecule has 0 radical (unpaired) electrons. The zero-order valence-electron chi connectivity index (χ0n) is 11.5. The van der Waals surface area contributed by atoms with Gasteiger partial charge in [0.1, 0.15) is 0 Å². The molecule has 0 heterocycles. The molecule has 0 spiro atoms. The van der Waals surface area contributed by atoms with Crippen LogP contribution in [-0.2, 0) is 4.79 Å². The van der Waals surface area contributed by atoms with E-state index >= 15 is 0 Å². The number of rotatable bonds is 4. The predicted molar refractivity (Wildman–Crippen MR) is 84.5 cm³/mol. The summed E-state index contributed by atoms with van der Waals surface area (Å²) < 4.78 is 0. The maximum atomic E-state index is 11.9. The number of nitrogens with one attached hydrogen (secondary N) is 2. The third-order valence-electron chi connectivity index (χ3n) is 2.87. The Kier molecular flexibility index (Phi) is 4.81. The van der Waals surface area contributed by atoms with Gasteiger partial charge in [0.15, 0.2) is 0 Å². The van der Waals surface area contributed by atoms with Crippen molar-refractivity contribution in [3.05, 3.63) is 58.6 Å². The lowest BCUT2D eigenvalue weighted by atomic mass is 10.2. The quantitative estimate of drug-likeness (QED) is 0.907. The number of hydrogen-bond acceptors (Lipinski definition) is 3. The molecule has 1 amide bonds. The monoisotopic (exact) mass is 299 g/mol. The number of anilines is 2. The van der Waals surface area contributed by atoms with Crippen molar-refractivity contribution in [2.24, 2.45) is 0 Å². The molecule has 2 N–H and O–H groups in total. The smallest absolute Gasteiger partial charge is 0.243 e. The van der Waals surface area contributed by atoms with Crippen molar-refractivity contribution in [2.45, 2.75) is 6.92 Å². The van der Waals surface area contributed by atoms with Crippen LogP contribution in [0.15, 0.2) is 42.5 Å². The molecule has 0 saturated heterocycles. The van der Waals surface area contributed by atoms with Crippen molar-refractivity contribution in [3.8, 4) is 6.07 Å². The number of halogens is 1. The number of amides is 1. The number of nitriles is 1. The largest absolute Gasteiger partial charge is 0.375 e. The van der Waals surface area contributed by atoms with Crippen molar-refractivity contribution >= 4 is 28.9 Å². The molecule has 0 aliphatic heterocycles. The van der Waals surface area contributed by atoms with Gasteiger partial charge < -0.3 is 10.6 Å². The van der Waals surface area contributed by atoms with E-state index in [9.17, 15) is 4.79 Å². The summed E-state index contributed by atoms with van der Waals surface area (Å²) in [5.74, 6) is -0.183. The molecule has 4 nitrogen and oxygen atoms in total. The molecule has 5 heteroatoms. The Balaban J connectivity index is 1.95. The third kappa shape index (κ3) is 4.23. The average molecular weight is 300 g/mol. The molecule has 0 unspecified atom stereocenters. The fraction of sp³-hybridized carbons (Fsp3) is 0.125. The molecule has 0 aromatic heterocycles. The highest BCUT2D eigenvalue weighted by atomic mass is 35.5. The van der Waals surface area contributed by atoms with Gasteiger partial charge in [0.25, 0.3) is 0 Å². The molecule has 0 atom stereocenters. The van der Waals surface area contributed by atoms with E-state index in [0.29, 0.717) is 16.3 Å². The summed E-state index contributed by atoms with van der Waals surface area (Å²) in [7, 11) is 0. The summed E-state index contributed by atoms with van der Waals surface area (Å²) in [6.07, 6.45) is 0. The van der Waals surface area contributed by atoms with Crippen LogP contribution in [0, 0.1) is 18.3 Å². The van der Waals surface area contributed by atoms with E-state index in [4.69, 9.17) is 16.9 Å². The summed E-state index contributed by atoms with van der Waals surface area (Å²) >= 11 is 6.01. The second-order valence-electron chi connectivity index (χ2n) is 4.57. The van der Waals surface area contributed by atoms with E-state index in [2.05, 4.69) is 10.6 Å². The van der Waals surface area contributed by atoms with Crippen molar-refractivity contribution < 1.29 is 4.79 Å². The third-order valence-corrected chi connectivity index (χ3v) is 3.20. The molecular formula is C16H14ClN3O. The van der Waals surface area contributed by atoms with E-state index in [1.165, 1.54) is 0 Å². The summed E-state index contributed by atoms with van der Waals surface area (Å²) in [6.45, 7) is 2.06. The molecule has 21 heavy (non-hydrogen) atoms. The van der Waals surface area contributed by atoms with Crippen LogP contribution < -0.4 is 10.6 Å². The predicted octanol–water partition coefficient (Wildman–Crippen LogP) is 3.57. The first kappa shape index (κ1) is 14.9. The average Bonchev–Trinajstić information content (AvgIpc) is 2.49. The van der Waals surface area contributed by atoms with Crippen LogP contribution in [0.25, 0.3) is 0 Å². The first-order valence-electron chi connectivity index (χ1n) is 6.38. The topological polar surface area (TPSA) is 64.9 Å². The number of carbonyl (C=O) groups excluding carboxylic acids is 1. The Morgan fingerprint density at radius 3 is 2.62 bits per heavy atom. The van der Waals surface area contributed by atoms with Gasteiger partial charge in [0.05, 0.1) is 28.9 Å². The lowest BCUT2D eigenvalue weighted by molar-refractivity contribution is -0.114. The molecule has 2 rings (SSSR count). The lowest BCUT2D eigenvalue weighted by Gasteiger charge is -2.09. The Morgan fingerprint density at radius 1 is 1.24 bits per heavy atom. The van der Waals surface area contributed by atoms with Crippen LogP contribution in [0.1, 0.15) is 11.1 Å². The molecule has 2 aromatic carbocycles. The molecule has 0 aliphatic carbocycles. The second-order valence-corrected chi connectivity index (χ2v) is 4.98. The lowest BCUT2D eigenvalue weighted by Crippen LogP contribution is -2.21.